The molecule has 1 aliphatic heterocycles. The number of benzene rings is 3. The number of ketones is 1. The van der Waals surface area contributed by atoms with Crippen LogP contribution in [0.15, 0.2) is 97.6 Å². The van der Waals surface area contributed by atoms with E-state index in [1.807, 2.05) is 65.4 Å². The number of imidazole rings is 1. The number of methoxy groups -OCH3 is 1. The average molecular weight is 471 g/mol. The molecule has 7 nitrogen and oxygen atoms in total. The minimum absolute atomic E-state index is 0.0200. The van der Waals surface area contributed by atoms with E-state index in [9.17, 15) is 4.79 Å². The Bertz CT molecular complexity index is 1240. The summed E-state index contributed by atoms with van der Waals surface area (Å²) in [6.07, 6.45) is 5.06. The quantitative estimate of drug-likeness (QED) is 0.336. The topological polar surface area (TPSA) is 71.8 Å². The van der Waals surface area contributed by atoms with Crippen LogP contribution >= 0.6 is 0 Å². The third-order valence-electron chi connectivity index (χ3n) is 5.93. The van der Waals surface area contributed by atoms with Gasteiger partial charge >= 0.3 is 0 Å². The zero-order valence-corrected chi connectivity index (χ0v) is 19.4. The van der Waals surface area contributed by atoms with Crippen LogP contribution in [0, 0.1) is 0 Å². The average Bonchev–Trinajstić information content (AvgIpc) is 3.59. The molecule has 3 aromatic carbocycles. The molecule has 4 aromatic rings. The molecule has 1 fully saturated rings. The lowest BCUT2D eigenvalue weighted by Crippen LogP contribution is -2.34. The lowest BCUT2D eigenvalue weighted by atomic mass is 10.0. The Morgan fingerprint density at radius 3 is 2.40 bits per heavy atom. The van der Waals surface area contributed by atoms with Crippen LogP contribution in [0.25, 0.3) is 0 Å². The third kappa shape index (κ3) is 5.11. The van der Waals surface area contributed by atoms with Crippen molar-refractivity contribution in [2.45, 2.75) is 18.4 Å². The molecule has 1 aromatic heterocycles. The molecule has 0 N–H and O–H groups in total. The molecule has 0 amide bonds. The van der Waals surface area contributed by atoms with Gasteiger partial charge < -0.3 is 23.5 Å². The molecule has 2 unspecified atom stereocenters. The van der Waals surface area contributed by atoms with Gasteiger partial charge in [-0.25, -0.2) is 4.98 Å². The van der Waals surface area contributed by atoms with Crippen LogP contribution in [0.4, 0.5) is 0 Å². The molecule has 0 saturated carbocycles. The predicted octanol–water partition coefficient (Wildman–Crippen LogP) is 4.47. The Kier molecular flexibility index (Phi) is 6.61. The van der Waals surface area contributed by atoms with Gasteiger partial charge in [-0.05, 0) is 48.5 Å². The molecule has 7 heteroatoms. The number of rotatable bonds is 9. The van der Waals surface area contributed by atoms with Crippen molar-refractivity contribution in [1.29, 1.82) is 0 Å². The molecule has 2 atom stereocenters. The Balaban J connectivity index is 1.25. The number of aromatic nitrogens is 2. The predicted molar refractivity (Wildman–Crippen MR) is 130 cm³/mol. The normalized spacial score (nSPS) is 19.4. The van der Waals surface area contributed by atoms with E-state index in [0.717, 1.165) is 11.3 Å². The molecule has 1 aliphatic rings. The van der Waals surface area contributed by atoms with Crippen LogP contribution in [-0.2, 0) is 21.8 Å². The SMILES string of the molecule is COc1ccc(C2(Cn3ccnc3)OCC(COc3ccc(C(=O)c4ccccc4)cc3)O2)cc1. The van der Waals surface area contributed by atoms with E-state index in [1.54, 1.807) is 43.9 Å². The number of ether oxygens (including phenoxy) is 4. The van der Waals surface area contributed by atoms with Gasteiger partial charge in [-0.15, -0.1) is 0 Å². The van der Waals surface area contributed by atoms with Crippen molar-refractivity contribution >= 4 is 5.78 Å². The highest BCUT2D eigenvalue weighted by Crippen LogP contribution is 2.37. The first-order valence-electron chi connectivity index (χ1n) is 11.4. The Labute approximate surface area is 203 Å². The summed E-state index contributed by atoms with van der Waals surface area (Å²) in [6, 6.07) is 24.0. The van der Waals surface area contributed by atoms with Crippen LogP contribution < -0.4 is 9.47 Å². The Morgan fingerprint density at radius 2 is 1.71 bits per heavy atom. The number of carbonyl (C=O) groups excluding carboxylic acids is 1. The van der Waals surface area contributed by atoms with Gasteiger partial charge in [0.1, 0.15) is 24.2 Å². The summed E-state index contributed by atoms with van der Waals surface area (Å²) in [5.41, 5.74) is 2.16. The highest BCUT2D eigenvalue weighted by molar-refractivity contribution is 6.08. The van der Waals surface area contributed by atoms with Crippen molar-refractivity contribution in [2.75, 3.05) is 20.3 Å². The van der Waals surface area contributed by atoms with E-state index < -0.39 is 5.79 Å². The highest BCUT2D eigenvalue weighted by atomic mass is 16.8. The van der Waals surface area contributed by atoms with E-state index in [4.69, 9.17) is 18.9 Å². The largest absolute Gasteiger partial charge is 0.497 e. The zero-order chi connectivity index (χ0) is 24.1. The van der Waals surface area contributed by atoms with Crippen LogP contribution in [-0.4, -0.2) is 41.8 Å². The fourth-order valence-electron chi connectivity index (χ4n) is 4.09. The summed E-state index contributed by atoms with van der Waals surface area (Å²) in [7, 11) is 1.64. The maximum Gasteiger partial charge on any atom is 0.214 e. The van der Waals surface area contributed by atoms with E-state index in [1.165, 1.54) is 0 Å². The van der Waals surface area contributed by atoms with Gasteiger partial charge in [-0.1, -0.05) is 30.3 Å². The Morgan fingerprint density at radius 1 is 1.00 bits per heavy atom. The monoisotopic (exact) mass is 470 g/mol. The van der Waals surface area contributed by atoms with Crippen molar-refractivity contribution in [3.8, 4) is 11.5 Å². The lowest BCUT2D eigenvalue weighted by Gasteiger charge is -2.29. The van der Waals surface area contributed by atoms with E-state index in [0.29, 0.717) is 36.6 Å². The summed E-state index contributed by atoms with van der Waals surface area (Å²) < 4.78 is 25.9. The maximum absolute atomic E-state index is 12.6. The summed E-state index contributed by atoms with van der Waals surface area (Å²) in [5, 5.41) is 0. The van der Waals surface area contributed by atoms with Crippen molar-refractivity contribution in [3.63, 3.8) is 0 Å². The smallest absolute Gasteiger partial charge is 0.214 e. The first-order chi connectivity index (χ1) is 17.1. The molecule has 0 bridgehead atoms. The first kappa shape index (κ1) is 22.8. The lowest BCUT2D eigenvalue weighted by molar-refractivity contribution is -0.189. The highest BCUT2D eigenvalue weighted by Gasteiger charge is 2.44. The fraction of sp³-hybridized carbons (Fsp3) is 0.214. The second kappa shape index (κ2) is 10.1. The van der Waals surface area contributed by atoms with E-state index >= 15 is 0 Å². The standard InChI is InChI=1S/C28H26N2O5/c1-32-24-13-9-23(10-14-24)28(19-30-16-15-29-20-30)34-18-26(35-28)17-33-25-11-7-22(8-12-25)27(31)21-5-3-2-4-6-21/h2-16,20,26H,17-19H2,1H3. The van der Waals surface area contributed by atoms with Gasteiger partial charge in [-0.3, -0.25) is 4.79 Å². The second-order valence-corrected chi connectivity index (χ2v) is 8.30. The van der Waals surface area contributed by atoms with Crippen LogP contribution in [0.3, 0.4) is 0 Å². The molecule has 1 saturated heterocycles. The third-order valence-corrected chi connectivity index (χ3v) is 5.93. The molecule has 0 aliphatic carbocycles. The van der Waals surface area contributed by atoms with Crippen molar-refractivity contribution in [2.24, 2.45) is 0 Å². The molecule has 35 heavy (non-hydrogen) atoms. The van der Waals surface area contributed by atoms with Gasteiger partial charge in [0.25, 0.3) is 0 Å². The van der Waals surface area contributed by atoms with Gasteiger partial charge in [0, 0.05) is 29.1 Å². The van der Waals surface area contributed by atoms with Crippen molar-refractivity contribution < 1.29 is 23.7 Å². The van der Waals surface area contributed by atoms with Gasteiger partial charge in [-0.2, -0.15) is 0 Å². The summed E-state index contributed by atoms with van der Waals surface area (Å²) in [6.45, 7) is 1.14. The zero-order valence-electron chi connectivity index (χ0n) is 19.4. The van der Waals surface area contributed by atoms with Crippen LogP contribution in [0.1, 0.15) is 21.5 Å². The van der Waals surface area contributed by atoms with Gasteiger partial charge in [0.05, 0.1) is 26.6 Å². The molecule has 0 radical (unpaired) electrons. The van der Waals surface area contributed by atoms with Gasteiger partial charge in [0.2, 0.25) is 5.79 Å². The molecule has 0 spiro atoms. The first-order valence-corrected chi connectivity index (χ1v) is 11.4. The summed E-state index contributed by atoms with van der Waals surface area (Å²) in [5.74, 6) is 0.439. The van der Waals surface area contributed by atoms with Gasteiger partial charge in [0.15, 0.2) is 5.78 Å². The summed E-state index contributed by atoms with van der Waals surface area (Å²) in [4.78, 5) is 16.7. The minimum Gasteiger partial charge on any atom is -0.497 e. The van der Waals surface area contributed by atoms with E-state index in [-0.39, 0.29) is 11.9 Å². The second-order valence-electron chi connectivity index (χ2n) is 8.30. The Hall–Kier alpha value is -3.94. The fourth-order valence-corrected chi connectivity index (χ4v) is 4.09. The molecule has 5 rings (SSSR count). The molecule has 178 valence electrons. The number of hydrogen-bond acceptors (Lipinski definition) is 6. The number of carbonyl (C=O) groups is 1. The van der Waals surface area contributed by atoms with E-state index in [2.05, 4.69) is 4.98 Å². The summed E-state index contributed by atoms with van der Waals surface area (Å²) >= 11 is 0. The number of nitrogens with zero attached hydrogens (tertiary/aromatic N) is 2. The molecule has 2 heterocycles. The molecular formula is C28H26N2O5. The maximum atomic E-state index is 12.6. The molecular weight excluding hydrogens is 444 g/mol. The minimum atomic E-state index is -0.965. The van der Waals surface area contributed by atoms with Crippen LogP contribution in [0.2, 0.25) is 0 Å². The van der Waals surface area contributed by atoms with Crippen LogP contribution in [0.5, 0.6) is 11.5 Å². The number of hydrogen-bond donors (Lipinski definition) is 0. The van der Waals surface area contributed by atoms with Crippen molar-refractivity contribution in [1.82, 2.24) is 9.55 Å². The van der Waals surface area contributed by atoms with Crippen molar-refractivity contribution in [3.05, 3.63) is 114 Å².